The molecule has 0 saturated heterocycles. The van der Waals surface area contributed by atoms with E-state index < -0.39 is 21.9 Å². The predicted molar refractivity (Wildman–Crippen MR) is 113 cm³/mol. The SMILES string of the molecule is CN1C(C(N)=O)=C(OC(=O)CCC[N+](C)(C)c2nccs2)c2ccccc2S1(=O)=O. The normalized spacial score (nSPS) is 15.6. The maximum atomic E-state index is 12.7. The van der Waals surface area contributed by atoms with Crippen molar-refractivity contribution >= 4 is 44.1 Å². The van der Waals surface area contributed by atoms with Crippen LogP contribution in [0.1, 0.15) is 18.4 Å². The first kappa shape index (κ1) is 21.9. The fourth-order valence-electron chi connectivity index (χ4n) is 3.18. The van der Waals surface area contributed by atoms with Gasteiger partial charge >= 0.3 is 5.97 Å². The van der Waals surface area contributed by atoms with Crippen LogP contribution in [0.25, 0.3) is 5.76 Å². The van der Waals surface area contributed by atoms with E-state index >= 15 is 0 Å². The summed E-state index contributed by atoms with van der Waals surface area (Å²) in [4.78, 5) is 28.8. The van der Waals surface area contributed by atoms with Crippen molar-refractivity contribution in [3.8, 4) is 0 Å². The molecule has 1 aliphatic rings. The number of carbonyl (C=O) groups excluding carboxylic acids is 2. The summed E-state index contributed by atoms with van der Waals surface area (Å²) in [7, 11) is 1.22. The minimum Gasteiger partial charge on any atom is -0.423 e. The fourth-order valence-corrected chi connectivity index (χ4v) is 5.32. The molecule has 1 amide bonds. The van der Waals surface area contributed by atoms with Crippen LogP contribution >= 0.6 is 11.3 Å². The number of quaternary nitrogens is 1. The van der Waals surface area contributed by atoms with E-state index in [0.29, 0.717) is 17.4 Å². The summed E-state index contributed by atoms with van der Waals surface area (Å²) in [5, 5.41) is 2.82. The number of nitrogens with zero attached hydrogens (tertiary/aromatic N) is 3. The van der Waals surface area contributed by atoms with Crippen LogP contribution in [0.3, 0.4) is 0 Å². The van der Waals surface area contributed by atoms with E-state index in [0.717, 1.165) is 9.44 Å². The van der Waals surface area contributed by atoms with Crippen LogP contribution in [0.2, 0.25) is 0 Å². The number of sulfonamides is 1. The molecule has 2 heterocycles. The number of rotatable bonds is 7. The summed E-state index contributed by atoms with van der Waals surface area (Å²) < 4.78 is 32.1. The topological polar surface area (TPSA) is 120 Å². The Balaban J connectivity index is 1.81. The smallest absolute Gasteiger partial charge is 0.311 e. The molecule has 9 nitrogen and oxygen atoms in total. The van der Waals surface area contributed by atoms with Crippen LogP contribution in [0.15, 0.2) is 46.4 Å². The Hall–Kier alpha value is -2.76. The molecule has 1 aromatic heterocycles. The molecular formula is C19H23N4O5S2+. The Morgan fingerprint density at radius 2 is 1.97 bits per heavy atom. The molecule has 30 heavy (non-hydrogen) atoms. The summed E-state index contributed by atoms with van der Waals surface area (Å²) in [6.07, 6.45) is 2.33. The summed E-state index contributed by atoms with van der Waals surface area (Å²) in [6, 6.07) is 6.02. The second-order valence-corrected chi connectivity index (χ2v) is 10.1. The number of primary amides is 1. The molecule has 0 bridgehead atoms. The molecule has 160 valence electrons. The minimum atomic E-state index is -3.97. The third kappa shape index (κ3) is 4.09. The summed E-state index contributed by atoms with van der Waals surface area (Å²) in [6.45, 7) is 0.648. The van der Waals surface area contributed by atoms with Crippen molar-refractivity contribution in [1.29, 1.82) is 0 Å². The molecular weight excluding hydrogens is 428 g/mol. The lowest BCUT2D eigenvalue weighted by Crippen LogP contribution is -2.41. The first-order chi connectivity index (χ1) is 14.1. The highest BCUT2D eigenvalue weighted by Gasteiger charge is 2.38. The van der Waals surface area contributed by atoms with Crippen LogP contribution in [-0.2, 0) is 24.3 Å². The zero-order valence-corrected chi connectivity index (χ0v) is 18.5. The molecule has 1 aliphatic heterocycles. The lowest BCUT2D eigenvalue weighted by Gasteiger charge is -2.29. The third-order valence-corrected chi connectivity index (χ3v) is 7.67. The highest BCUT2D eigenvalue weighted by atomic mass is 32.2. The number of ether oxygens (including phenoxy) is 1. The van der Waals surface area contributed by atoms with Crippen LogP contribution in [0.5, 0.6) is 0 Å². The monoisotopic (exact) mass is 451 g/mol. The maximum Gasteiger partial charge on any atom is 0.311 e. The second-order valence-electron chi connectivity index (χ2n) is 7.31. The molecule has 2 N–H and O–H groups in total. The number of aromatic nitrogens is 1. The quantitative estimate of drug-likeness (QED) is 0.503. The van der Waals surface area contributed by atoms with Crippen molar-refractivity contribution in [3.63, 3.8) is 0 Å². The second kappa shape index (κ2) is 8.17. The number of esters is 1. The number of benzene rings is 1. The van der Waals surface area contributed by atoms with Gasteiger partial charge in [-0.2, -0.15) is 4.98 Å². The van der Waals surface area contributed by atoms with Gasteiger partial charge in [-0.15, -0.1) is 0 Å². The van der Waals surface area contributed by atoms with Gasteiger partial charge < -0.3 is 10.5 Å². The van der Waals surface area contributed by atoms with E-state index in [1.54, 1.807) is 18.3 Å². The number of nitrogens with two attached hydrogens (primary N) is 1. The van der Waals surface area contributed by atoms with Gasteiger partial charge in [-0.3, -0.25) is 18.4 Å². The summed E-state index contributed by atoms with van der Waals surface area (Å²) in [5.74, 6) is -1.72. The average molecular weight is 452 g/mol. The molecule has 3 rings (SSSR count). The molecule has 11 heteroatoms. The Morgan fingerprint density at radius 1 is 1.27 bits per heavy atom. The number of hydrogen-bond donors (Lipinski definition) is 1. The number of likely N-dealkylation sites (N-methyl/N-ethyl adjacent to an activating group) is 1. The molecule has 0 unspecified atom stereocenters. The molecule has 1 aromatic carbocycles. The van der Waals surface area contributed by atoms with E-state index in [1.807, 2.05) is 19.5 Å². The van der Waals surface area contributed by atoms with E-state index in [4.69, 9.17) is 10.5 Å². The van der Waals surface area contributed by atoms with Gasteiger partial charge in [0.05, 0.1) is 32.0 Å². The molecule has 0 spiro atoms. The number of hydrogen-bond acceptors (Lipinski definition) is 7. The molecule has 0 aliphatic carbocycles. The van der Waals surface area contributed by atoms with Gasteiger partial charge in [0.25, 0.3) is 21.1 Å². The van der Waals surface area contributed by atoms with E-state index in [9.17, 15) is 18.0 Å². The number of carbonyl (C=O) groups is 2. The molecule has 2 aromatic rings. The zero-order chi connectivity index (χ0) is 22.1. The number of amides is 1. The maximum absolute atomic E-state index is 12.7. The van der Waals surface area contributed by atoms with Gasteiger partial charge in [0.15, 0.2) is 11.5 Å². The van der Waals surface area contributed by atoms with Gasteiger partial charge in [0.2, 0.25) is 0 Å². The van der Waals surface area contributed by atoms with Crippen molar-refractivity contribution in [1.82, 2.24) is 13.8 Å². The van der Waals surface area contributed by atoms with Gasteiger partial charge in [-0.1, -0.05) is 23.5 Å². The van der Waals surface area contributed by atoms with Crippen molar-refractivity contribution in [3.05, 3.63) is 47.1 Å². The standard InChI is InChI=1S/C19H22N4O5S2/c1-22-16(18(20)25)17(13-7-4-5-8-14(13)30(22,26)27)28-15(24)9-6-11-23(2,3)19-21-10-12-29-19/h4-5,7-8,10,12H,6,9,11H2,1-3H3,(H-,20,25)/p+1. The summed E-state index contributed by atoms with van der Waals surface area (Å²) in [5.41, 5.74) is 5.17. The van der Waals surface area contributed by atoms with Crippen LogP contribution < -0.4 is 10.2 Å². The van der Waals surface area contributed by atoms with E-state index in [2.05, 4.69) is 4.98 Å². The van der Waals surface area contributed by atoms with Gasteiger partial charge in [-0.05, 0) is 12.1 Å². The number of thiazole rings is 1. The van der Waals surface area contributed by atoms with E-state index in [-0.39, 0.29) is 28.3 Å². The highest BCUT2D eigenvalue weighted by Crippen LogP contribution is 2.36. The Kier molecular flexibility index (Phi) is 5.97. The lowest BCUT2D eigenvalue weighted by molar-refractivity contribution is -0.136. The van der Waals surface area contributed by atoms with Crippen LogP contribution in [-0.4, -0.2) is 57.3 Å². The number of fused-ring (bicyclic) bond motifs is 1. The third-order valence-electron chi connectivity index (χ3n) is 4.78. The molecule has 0 radical (unpaired) electrons. The fraction of sp³-hybridized carbons (Fsp3) is 0.316. The molecule has 0 fully saturated rings. The molecule has 0 saturated carbocycles. The largest absolute Gasteiger partial charge is 0.423 e. The zero-order valence-electron chi connectivity index (χ0n) is 16.9. The Morgan fingerprint density at radius 3 is 2.60 bits per heavy atom. The first-order valence-corrected chi connectivity index (χ1v) is 11.4. The Labute approximate surface area is 179 Å². The van der Waals surface area contributed by atoms with Crippen molar-refractivity contribution in [2.45, 2.75) is 17.7 Å². The van der Waals surface area contributed by atoms with Crippen LogP contribution in [0.4, 0.5) is 5.13 Å². The highest BCUT2D eigenvalue weighted by molar-refractivity contribution is 7.89. The van der Waals surface area contributed by atoms with Crippen LogP contribution in [0, 0.1) is 0 Å². The van der Waals surface area contributed by atoms with Crippen molar-refractivity contribution in [2.24, 2.45) is 5.73 Å². The van der Waals surface area contributed by atoms with Gasteiger partial charge in [0.1, 0.15) is 0 Å². The van der Waals surface area contributed by atoms with Crippen molar-refractivity contribution < 1.29 is 22.7 Å². The summed E-state index contributed by atoms with van der Waals surface area (Å²) >= 11 is 1.54. The van der Waals surface area contributed by atoms with E-state index in [1.165, 1.54) is 30.5 Å². The minimum absolute atomic E-state index is 0.0538. The first-order valence-electron chi connectivity index (χ1n) is 9.12. The van der Waals surface area contributed by atoms with Crippen molar-refractivity contribution in [2.75, 3.05) is 27.7 Å². The Bertz CT molecular complexity index is 1110. The van der Waals surface area contributed by atoms with Gasteiger partial charge in [0, 0.05) is 30.6 Å². The molecule has 0 atom stereocenters. The average Bonchev–Trinajstić information content (AvgIpc) is 3.22. The predicted octanol–water partition coefficient (Wildman–Crippen LogP) is 1.52. The van der Waals surface area contributed by atoms with Gasteiger partial charge in [-0.25, -0.2) is 8.42 Å². The lowest BCUT2D eigenvalue weighted by atomic mass is 10.1.